The molecule has 136 valence electrons. The average molecular weight is 374 g/mol. The van der Waals surface area contributed by atoms with Gasteiger partial charge in [0, 0.05) is 5.02 Å². The zero-order valence-electron chi connectivity index (χ0n) is 14.5. The van der Waals surface area contributed by atoms with E-state index >= 15 is 0 Å². The lowest BCUT2D eigenvalue weighted by Crippen LogP contribution is -2.38. The van der Waals surface area contributed by atoms with Crippen LogP contribution in [-0.4, -0.2) is 26.0 Å². The number of nitrogens with two attached hydrogens (primary N) is 1. The zero-order chi connectivity index (χ0) is 18.7. The highest BCUT2D eigenvalue weighted by atomic mass is 35.5. The molecule has 0 aromatic heterocycles. The van der Waals surface area contributed by atoms with E-state index in [2.05, 4.69) is 4.74 Å². The van der Waals surface area contributed by atoms with E-state index in [1.165, 1.54) is 13.2 Å². The molecular formula is C20H20ClNO4. The van der Waals surface area contributed by atoms with Crippen LogP contribution in [0.3, 0.4) is 0 Å². The van der Waals surface area contributed by atoms with Crippen molar-refractivity contribution >= 4 is 29.5 Å². The Bertz CT molecular complexity index is 852. The van der Waals surface area contributed by atoms with Crippen LogP contribution in [-0.2, 0) is 21.4 Å². The summed E-state index contributed by atoms with van der Waals surface area (Å²) in [5, 5.41) is 0.661. The number of anilines is 1. The van der Waals surface area contributed by atoms with Gasteiger partial charge in [0.15, 0.2) is 0 Å². The fourth-order valence-electron chi connectivity index (χ4n) is 3.42. The smallest absolute Gasteiger partial charge is 0.337 e. The Morgan fingerprint density at radius 3 is 2.81 bits per heavy atom. The van der Waals surface area contributed by atoms with E-state index in [1.807, 2.05) is 12.1 Å². The standard InChI is InChI=1S/C20H20ClNO4/c1-25-19(24)14-4-7-18(17(22)10-14)26-12-20(11-23)8-2-3-13-9-15(21)5-6-16(13)20/h4-7,9-11H,2-3,8,12,22H2,1H3/t20-/m0/s1. The quantitative estimate of drug-likeness (QED) is 0.492. The zero-order valence-corrected chi connectivity index (χ0v) is 15.2. The fourth-order valence-corrected chi connectivity index (χ4v) is 3.62. The van der Waals surface area contributed by atoms with Crippen molar-refractivity contribution < 1.29 is 19.1 Å². The first-order chi connectivity index (χ1) is 12.5. The molecule has 2 aromatic rings. The molecule has 6 heteroatoms. The minimum absolute atomic E-state index is 0.174. The van der Waals surface area contributed by atoms with Crippen LogP contribution in [0.15, 0.2) is 36.4 Å². The summed E-state index contributed by atoms with van der Waals surface area (Å²) in [5.74, 6) is -0.0364. The molecule has 0 fully saturated rings. The molecule has 0 spiro atoms. The largest absolute Gasteiger partial charge is 0.490 e. The molecule has 3 rings (SSSR count). The summed E-state index contributed by atoms with van der Waals surface area (Å²) < 4.78 is 10.6. The topological polar surface area (TPSA) is 78.6 Å². The molecule has 1 atom stereocenters. The van der Waals surface area contributed by atoms with Crippen molar-refractivity contribution in [3.63, 3.8) is 0 Å². The van der Waals surface area contributed by atoms with Gasteiger partial charge in [-0.2, -0.15) is 0 Å². The number of benzene rings is 2. The number of rotatable bonds is 5. The number of nitrogen functional groups attached to an aromatic ring is 1. The SMILES string of the molecule is COC(=O)c1ccc(OC[C@@]2(C=O)CCCc3cc(Cl)ccc32)c(N)c1. The number of carbonyl (C=O) groups is 2. The monoisotopic (exact) mass is 373 g/mol. The van der Waals surface area contributed by atoms with E-state index in [0.29, 0.717) is 28.4 Å². The molecule has 0 aliphatic heterocycles. The van der Waals surface area contributed by atoms with Gasteiger partial charge < -0.3 is 20.0 Å². The number of hydrogen-bond acceptors (Lipinski definition) is 5. The summed E-state index contributed by atoms with van der Waals surface area (Å²) in [6.45, 7) is 0.174. The van der Waals surface area contributed by atoms with Crippen LogP contribution in [0.5, 0.6) is 5.75 Å². The van der Waals surface area contributed by atoms with E-state index in [1.54, 1.807) is 18.2 Å². The molecule has 0 saturated carbocycles. The van der Waals surface area contributed by atoms with E-state index < -0.39 is 11.4 Å². The minimum atomic E-state index is -0.731. The van der Waals surface area contributed by atoms with Crippen LogP contribution < -0.4 is 10.5 Å². The van der Waals surface area contributed by atoms with E-state index in [0.717, 1.165) is 30.3 Å². The van der Waals surface area contributed by atoms with Gasteiger partial charge in [0.1, 0.15) is 18.6 Å². The first kappa shape index (κ1) is 18.3. The molecule has 2 aromatic carbocycles. The molecule has 0 saturated heterocycles. The number of aldehydes is 1. The van der Waals surface area contributed by atoms with Crippen LogP contribution in [0.25, 0.3) is 0 Å². The Kier molecular flexibility index (Phi) is 5.18. The van der Waals surface area contributed by atoms with Gasteiger partial charge in [-0.15, -0.1) is 0 Å². The molecule has 0 heterocycles. The highest BCUT2D eigenvalue weighted by molar-refractivity contribution is 6.30. The Morgan fingerprint density at radius 2 is 2.12 bits per heavy atom. The molecule has 0 radical (unpaired) electrons. The summed E-state index contributed by atoms with van der Waals surface area (Å²) in [6.07, 6.45) is 3.43. The van der Waals surface area contributed by atoms with E-state index in [4.69, 9.17) is 22.1 Å². The van der Waals surface area contributed by atoms with Gasteiger partial charge in [0.25, 0.3) is 0 Å². The molecule has 26 heavy (non-hydrogen) atoms. The summed E-state index contributed by atoms with van der Waals surface area (Å²) in [5.41, 5.74) is 7.96. The van der Waals surface area contributed by atoms with Gasteiger partial charge in [-0.05, 0) is 60.7 Å². The van der Waals surface area contributed by atoms with Crippen molar-refractivity contribution in [2.24, 2.45) is 0 Å². The summed E-state index contributed by atoms with van der Waals surface area (Å²) in [4.78, 5) is 23.6. The third-order valence-electron chi connectivity index (χ3n) is 4.81. The van der Waals surface area contributed by atoms with Crippen molar-refractivity contribution in [3.8, 4) is 5.75 Å². The number of hydrogen-bond donors (Lipinski definition) is 1. The Labute approximate surface area is 157 Å². The van der Waals surface area contributed by atoms with Gasteiger partial charge in [0.05, 0.1) is 23.8 Å². The number of halogens is 1. The first-order valence-electron chi connectivity index (χ1n) is 8.35. The molecule has 2 N–H and O–H groups in total. The van der Waals surface area contributed by atoms with Crippen LogP contribution in [0.1, 0.15) is 34.3 Å². The maximum absolute atomic E-state index is 12.0. The highest BCUT2D eigenvalue weighted by Crippen LogP contribution is 2.38. The predicted octanol–water partition coefficient (Wildman–Crippen LogP) is 3.56. The summed E-state index contributed by atoms with van der Waals surface area (Å²) in [6, 6.07) is 10.3. The lowest BCUT2D eigenvalue weighted by atomic mass is 9.71. The lowest BCUT2D eigenvalue weighted by Gasteiger charge is -2.34. The summed E-state index contributed by atoms with van der Waals surface area (Å²) >= 11 is 6.09. The molecule has 0 amide bonds. The van der Waals surface area contributed by atoms with Gasteiger partial charge >= 0.3 is 5.97 Å². The number of esters is 1. The van der Waals surface area contributed by atoms with Crippen molar-refractivity contribution in [1.82, 2.24) is 0 Å². The maximum Gasteiger partial charge on any atom is 0.337 e. The number of aryl methyl sites for hydroxylation is 1. The Hall–Kier alpha value is -2.53. The van der Waals surface area contributed by atoms with Crippen LogP contribution >= 0.6 is 11.6 Å². The lowest BCUT2D eigenvalue weighted by molar-refractivity contribution is -0.114. The van der Waals surface area contributed by atoms with Gasteiger partial charge in [-0.1, -0.05) is 17.7 Å². The molecular weight excluding hydrogens is 354 g/mol. The molecule has 5 nitrogen and oxygen atoms in total. The summed E-state index contributed by atoms with van der Waals surface area (Å²) in [7, 11) is 1.31. The highest BCUT2D eigenvalue weighted by Gasteiger charge is 2.37. The second-order valence-electron chi connectivity index (χ2n) is 6.46. The fraction of sp³-hybridized carbons (Fsp3) is 0.300. The van der Waals surface area contributed by atoms with Crippen LogP contribution in [0.2, 0.25) is 5.02 Å². The number of methoxy groups -OCH3 is 1. The molecule has 0 unspecified atom stereocenters. The van der Waals surface area contributed by atoms with Gasteiger partial charge in [-0.3, -0.25) is 0 Å². The third-order valence-corrected chi connectivity index (χ3v) is 5.05. The maximum atomic E-state index is 12.0. The number of fused-ring (bicyclic) bond motifs is 1. The normalized spacial score (nSPS) is 18.7. The van der Waals surface area contributed by atoms with Crippen LogP contribution in [0.4, 0.5) is 5.69 Å². The van der Waals surface area contributed by atoms with Gasteiger partial charge in [0.2, 0.25) is 0 Å². The predicted molar refractivity (Wildman–Crippen MR) is 99.8 cm³/mol. The second kappa shape index (κ2) is 7.38. The van der Waals surface area contributed by atoms with Crippen LogP contribution in [0, 0.1) is 0 Å². The van der Waals surface area contributed by atoms with E-state index in [-0.39, 0.29) is 6.61 Å². The molecule has 1 aliphatic rings. The Morgan fingerprint density at radius 1 is 1.31 bits per heavy atom. The molecule has 0 bridgehead atoms. The first-order valence-corrected chi connectivity index (χ1v) is 8.73. The van der Waals surface area contributed by atoms with Crippen molar-refractivity contribution in [3.05, 3.63) is 58.1 Å². The number of ether oxygens (including phenoxy) is 2. The van der Waals surface area contributed by atoms with Crippen molar-refractivity contribution in [1.29, 1.82) is 0 Å². The molecule has 1 aliphatic carbocycles. The Balaban J connectivity index is 1.85. The number of carbonyl (C=O) groups excluding carboxylic acids is 2. The van der Waals surface area contributed by atoms with Crippen molar-refractivity contribution in [2.75, 3.05) is 19.5 Å². The minimum Gasteiger partial charge on any atom is -0.490 e. The third kappa shape index (κ3) is 3.40. The van der Waals surface area contributed by atoms with Crippen molar-refractivity contribution in [2.45, 2.75) is 24.7 Å². The van der Waals surface area contributed by atoms with E-state index in [9.17, 15) is 9.59 Å². The van der Waals surface area contributed by atoms with Gasteiger partial charge in [-0.25, -0.2) is 4.79 Å². The average Bonchev–Trinajstić information content (AvgIpc) is 2.65. The second-order valence-corrected chi connectivity index (χ2v) is 6.90.